The number of carbonyl (C=O) groups is 1. The molecule has 1 aliphatic rings. The fraction of sp³-hybridized carbons (Fsp3) is 0.571. The van der Waals surface area contributed by atoms with Crippen molar-refractivity contribution >= 4 is 22.2 Å². The van der Waals surface area contributed by atoms with Crippen LogP contribution in [0.2, 0.25) is 0 Å². The molecule has 0 N–H and O–H groups in total. The summed E-state index contributed by atoms with van der Waals surface area (Å²) in [6, 6.07) is 0. The highest BCUT2D eigenvalue weighted by atomic mass is 79.9. The summed E-state index contributed by atoms with van der Waals surface area (Å²) in [5.41, 5.74) is 1.30. The summed E-state index contributed by atoms with van der Waals surface area (Å²) >= 11 is 3.22. The summed E-state index contributed by atoms with van der Waals surface area (Å²) in [5.74, 6) is 0. The molecule has 1 nitrogen and oxygen atoms in total. The van der Waals surface area contributed by atoms with Gasteiger partial charge in [-0.3, -0.25) is 4.79 Å². The van der Waals surface area contributed by atoms with Crippen LogP contribution in [0.15, 0.2) is 10.1 Å². The monoisotopic (exact) mass is 188 g/mol. The topological polar surface area (TPSA) is 17.1 Å². The van der Waals surface area contributed by atoms with Crippen molar-refractivity contribution in [1.29, 1.82) is 0 Å². The smallest absolute Gasteiger partial charge is 0.156 e. The van der Waals surface area contributed by atoms with Crippen molar-refractivity contribution in [2.24, 2.45) is 0 Å². The summed E-state index contributed by atoms with van der Waals surface area (Å²) in [6.07, 6.45) is 5.61. The zero-order valence-electron chi connectivity index (χ0n) is 5.19. The molecule has 0 aromatic rings. The Morgan fingerprint density at radius 3 is 2.44 bits per heavy atom. The largest absolute Gasteiger partial charge is 0.297 e. The number of hydrogen-bond donors (Lipinski definition) is 0. The molecule has 50 valence electrons. The normalized spacial score (nSPS) is 18.1. The third kappa shape index (κ3) is 1.65. The number of halogens is 1. The van der Waals surface area contributed by atoms with E-state index in [1.165, 1.54) is 18.4 Å². The minimum Gasteiger partial charge on any atom is -0.297 e. The molecule has 0 radical (unpaired) electrons. The zero-order valence-corrected chi connectivity index (χ0v) is 6.78. The summed E-state index contributed by atoms with van der Waals surface area (Å²) in [5, 5.41) is 0. The van der Waals surface area contributed by atoms with Gasteiger partial charge in [0.25, 0.3) is 0 Å². The first-order chi connectivity index (χ1) is 4.34. The first kappa shape index (κ1) is 7.00. The van der Waals surface area contributed by atoms with Crippen molar-refractivity contribution in [2.45, 2.75) is 25.7 Å². The molecule has 0 spiro atoms. The van der Waals surface area contributed by atoms with Crippen molar-refractivity contribution in [3.8, 4) is 0 Å². The number of rotatable bonds is 1. The highest BCUT2D eigenvalue weighted by Gasteiger charge is 2.09. The number of aldehydes is 1. The summed E-state index contributed by atoms with van der Waals surface area (Å²) in [6.45, 7) is 0. The van der Waals surface area contributed by atoms with E-state index in [2.05, 4.69) is 15.9 Å². The van der Waals surface area contributed by atoms with Gasteiger partial charge < -0.3 is 0 Å². The highest BCUT2D eigenvalue weighted by Crippen LogP contribution is 2.28. The van der Waals surface area contributed by atoms with Gasteiger partial charge in [-0.05, 0) is 41.6 Å². The quantitative estimate of drug-likeness (QED) is 0.457. The van der Waals surface area contributed by atoms with Crippen molar-refractivity contribution < 1.29 is 4.79 Å². The summed E-state index contributed by atoms with van der Waals surface area (Å²) in [4.78, 5) is 10.2. The van der Waals surface area contributed by atoms with Crippen LogP contribution in [0.1, 0.15) is 25.7 Å². The Balaban J connectivity index is 2.66. The SMILES string of the molecule is O=CC(Br)=C1CCCC1. The lowest BCUT2D eigenvalue weighted by Gasteiger charge is -1.92. The van der Waals surface area contributed by atoms with Gasteiger partial charge in [0.2, 0.25) is 0 Å². The molecule has 0 aromatic carbocycles. The van der Waals surface area contributed by atoms with E-state index < -0.39 is 0 Å². The third-order valence-electron chi connectivity index (χ3n) is 1.65. The Hall–Kier alpha value is -0.110. The van der Waals surface area contributed by atoms with E-state index in [4.69, 9.17) is 0 Å². The number of allylic oxidation sites excluding steroid dienone is 2. The molecule has 0 aliphatic heterocycles. The van der Waals surface area contributed by atoms with Crippen LogP contribution >= 0.6 is 15.9 Å². The fourth-order valence-electron chi connectivity index (χ4n) is 1.12. The van der Waals surface area contributed by atoms with Crippen LogP contribution in [0.4, 0.5) is 0 Å². The maximum Gasteiger partial charge on any atom is 0.156 e. The second-order valence-electron chi connectivity index (χ2n) is 2.28. The predicted octanol–water partition coefficient (Wildman–Crippen LogP) is 2.41. The Labute approximate surface area is 63.3 Å². The van der Waals surface area contributed by atoms with Gasteiger partial charge >= 0.3 is 0 Å². The summed E-state index contributed by atoms with van der Waals surface area (Å²) < 4.78 is 0.778. The zero-order chi connectivity index (χ0) is 6.69. The molecule has 2 heteroatoms. The van der Waals surface area contributed by atoms with E-state index in [9.17, 15) is 4.79 Å². The van der Waals surface area contributed by atoms with E-state index in [1.54, 1.807) is 0 Å². The minimum atomic E-state index is 0.778. The van der Waals surface area contributed by atoms with Crippen LogP contribution in [-0.4, -0.2) is 6.29 Å². The van der Waals surface area contributed by atoms with Crippen LogP contribution < -0.4 is 0 Å². The standard InChI is InChI=1S/C7H9BrO/c8-7(5-9)6-3-1-2-4-6/h5H,1-4H2. The minimum absolute atomic E-state index is 0.778. The molecule has 1 rings (SSSR count). The molecule has 0 aromatic heterocycles. The fourth-order valence-corrected chi connectivity index (χ4v) is 1.52. The lowest BCUT2D eigenvalue weighted by atomic mass is 10.2. The number of carbonyl (C=O) groups excluding carboxylic acids is 1. The van der Waals surface area contributed by atoms with Gasteiger partial charge in [-0.25, -0.2) is 0 Å². The van der Waals surface area contributed by atoms with Crippen molar-refractivity contribution in [2.75, 3.05) is 0 Å². The lowest BCUT2D eigenvalue weighted by Crippen LogP contribution is -1.79. The van der Waals surface area contributed by atoms with E-state index in [-0.39, 0.29) is 0 Å². The maximum absolute atomic E-state index is 10.2. The van der Waals surface area contributed by atoms with Crippen LogP contribution in [0.5, 0.6) is 0 Å². The summed E-state index contributed by atoms with van der Waals surface area (Å²) in [7, 11) is 0. The average molecular weight is 189 g/mol. The lowest BCUT2D eigenvalue weighted by molar-refractivity contribution is -0.104. The second-order valence-corrected chi connectivity index (χ2v) is 3.13. The molecule has 0 atom stereocenters. The molecule has 9 heavy (non-hydrogen) atoms. The van der Waals surface area contributed by atoms with Gasteiger partial charge in [-0.15, -0.1) is 0 Å². The Bertz CT molecular complexity index is 141. The van der Waals surface area contributed by atoms with Crippen molar-refractivity contribution in [3.05, 3.63) is 10.1 Å². The molecule has 0 heterocycles. The molecular weight excluding hydrogens is 180 g/mol. The van der Waals surface area contributed by atoms with Crippen molar-refractivity contribution in [3.63, 3.8) is 0 Å². The van der Waals surface area contributed by atoms with E-state index in [0.29, 0.717) is 0 Å². The molecule has 1 aliphatic carbocycles. The van der Waals surface area contributed by atoms with Crippen LogP contribution in [0, 0.1) is 0 Å². The van der Waals surface area contributed by atoms with Gasteiger partial charge in [0.15, 0.2) is 6.29 Å². The van der Waals surface area contributed by atoms with Crippen LogP contribution in [0.3, 0.4) is 0 Å². The van der Waals surface area contributed by atoms with Crippen LogP contribution in [0.25, 0.3) is 0 Å². The van der Waals surface area contributed by atoms with Crippen LogP contribution in [-0.2, 0) is 4.79 Å². The van der Waals surface area contributed by atoms with Gasteiger partial charge in [0.05, 0.1) is 4.48 Å². The van der Waals surface area contributed by atoms with Gasteiger partial charge in [0, 0.05) is 0 Å². The van der Waals surface area contributed by atoms with Gasteiger partial charge in [-0.1, -0.05) is 5.57 Å². The molecule has 0 saturated heterocycles. The Morgan fingerprint density at radius 1 is 1.44 bits per heavy atom. The first-order valence-corrected chi connectivity index (χ1v) is 3.96. The number of hydrogen-bond acceptors (Lipinski definition) is 1. The predicted molar refractivity (Wildman–Crippen MR) is 40.5 cm³/mol. The van der Waals surface area contributed by atoms with Gasteiger partial charge in [0.1, 0.15) is 0 Å². The average Bonchev–Trinajstić information content (AvgIpc) is 2.37. The van der Waals surface area contributed by atoms with Gasteiger partial charge in [-0.2, -0.15) is 0 Å². The highest BCUT2D eigenvalue weighted by molar-refractivity contribution is 9.12. The van der Waals surface area contributed by atoms with E-state index >= 15 is 0 Å². The molecule has 0 amide bonds. The maximum atomic E-state index is 10.2. The third-order valence-corrected chi connectivity index (χ3v) is 2.40. The molecule has 1 fully saturated rings. The molecule has 1 saturated carbocycles. The Morgan fingerprint density at radius 2 is 2.00 bits per heavy atom. The molecular formula is C7H9BrO. The van der Waals surface area contributed by atoms with Crippen molar-refractivity contribution in [1.82, 2.24) is 0 Å². The van der Waals surface area contributed by atoms with E-state index in [1.807, 2.05) is 0 Å². The second kappa shape index (κ2) is 3.16. The van der Waals surface area contributed by atoms with E-state index in [0.717, 1.165) is 23.6 Å². The molecule has 0 unspecified atom stereocenters. The molecule has 0 bridgehead atoms. The first-order valence-electron chi connectivity index (χ1n) is 3.17. The Kier molecular flexibility index (Phi) is 2.46.